The van der Waals surface area contributed by atoms with Crippen LogP contribution in [0.5, 0.6) is 11.5 Å². The highest BCUT2D eigenvalue weighted by Gasteiger charge is 2.36. The van der Waals surface area contributed by atoms with Gasteiger partial charge in [-0.2, -0.15) is 0 Å². The summed E-state index contributed by atoms with van der Waals surface area (Å²) in [7, 11) is 1.69. The predicted molar refractivity (Wildman–Crippen MR) is 140 cm³/mol. The number of para-hydroxylation sites is 1. The number of amides is 1. The standard InChI is InChI=1S/C30H36N2O3/c1-22(2)17-32(30(34)23-10-5-4-6-11-23)20-26-19-31(18-25-12-7-8-15-29(25)33)21-28(26)24-13-9-14-27(16-24)35-3/h4-16,22,26,28,33H,17-21H2,1-3H3. The van der Waals surface area contributed by atoms with Crippen LogP contribution < -0.4 is 4.74 Å². The van der Waals surface area contributed by atoms with Crippen molar-refractivity contribution < 1.29 is 14.6 Å². The number of carbonyl (C=O) groups is 1. The van der Waals surface area contributed by atoms with Crippen molar-refractivity contribution >= 4 is 5.91 Å². The fourth-order valence-electron chi connectivity index (χ4n) is 5.14. The predicted octanol–water partition coefficient (Wildman–Crippen LogP) is 5.41. The van der Waals surface area contributed by atoms with Gasteiger partial charge < -0.3 is 14.7 Å². The Balaban J connectivity index is 1.61. The number of methoxy groups -OCH3 is 1. The molecule has 2 unspecified atom stereocenters. The number of hydrogen-bond acceptors (Lipinski definition) is 4. The van der Waals surface area contributed by atoms with Crippen LogP contribution in [-0.4, -0.2) is 54.1 Å². The number of carbonyl (C=O) groups excluding carboxylic acids is 1. The second kappa shape index (κ2) is 11.4. The van der Waals surface area contributed by atoms with Gasteiger partial charge in [0.2, 0.25) is 0 Å². The number of aromatic hydroxyl groups is 1. The summed E-state index contributed by atoms with van der Waals surface area (Å²) in [6.07, 6.45) is 0. The van der Waals surface area contributed by atoms with Crippen molar-refractivity contribution in [1.82, 2.24) is 9.80 Å². The van der Waals surface area contributed by atoms with E-state index in [0.717, 1.165) is 30.0 Å². The van der Waals surface area contributed by atoms with Gasteiger partial charge in [0.15, 0.2) is 0 Å². The maximum atomic E-state index is 13.5. The molecule has 0 aromatic heterocycles. The summed E-state index contributed by atoms with van der Waals surface area (Å²) in [4.78, 5) is 17.9. The number of hydrogen-bond donors (Lipinski definition) is 1. The summed E-state index contributed by atoms with van der Waals surface area (Å²) in [5.41, 5.74) is 2.89. The van der Waals surface area contributed by atoms with Crippen LogP contribution in [0.15, 0.2) is 78.9 Å². The molecular weight excluding hydrogens is 436 g/mol. The first-order valence-electron chi connectivity index (χ1n) is 12.4. The molecule has 3 aromatic carbocycles. The molecule has 1 heterocycles. The van der Waals surface area contributed by atoms with Gasteiger partial charge in [-0.1, -0.05) is 62.4 Å². The highest BCUT2D eigenvalue weighted by molar-refractivity contribution is 5.94. The second-order valence-electron chi connectivity index (χ2n) is 9.94. The molecule has 5 heteroatoms. The van der Waals surface area contributed by atoms with Gasteiger partial charge in [-0.25, -0.2) is 0 Å². The monoisotopic (exact) mass is 472 g/mol. The lowest BCUT2D eigenvalue weighted by molar-refractivity contribution is 0.0703. The van der Waals surface area contributed by atoms with E-state index in [0.29, 0.717) is 31.3 Å². The van der Waals surface area contributed by atoms with E-state index < -0.39 is 0 Å². The van der Waals surface area contributed by atoms with Gasteiger partial charge in [-0.3, -0.25) is 9.69 Å². The number of rotatable bonds is 9. The van der Waals surface area contributed by atoms with Gasteiger partial charge in [0.1, 0.15) is 11.5 Å². The van der Waals surface area contributed by atoms with Crippen LogP contribution in [0.4, 0.5) is 0 Å². The molecule has 0 saturated carbocycles. The lowest BCUT2D eigenvalue weighted by atomic mass is 9.88. The van der Waals surface area contributed by atoms with Gasteiger partial charge in [0.25, 0.3) is 5.91 Å². The molecule has 1 saturated heterocycles. The van der Waals surface area contributed by atoms with Gasteiger partial charge >= 0.3 is 0 Å². The maximum Gasteiger partial charge on any atom is 0.253 e. The van der Waals surface area contributed by atoms with Crippen LogP contribution in [0.3, 0.4) is 0 Å². The van der Waals surface area contributed by atoms with Crippen molar-refractivity contribution in [3.8, 4) is 11.5 Å². The summed E-state index contributed by atoms with van der Waals surface area (Å²) < 4.78 is 5.51. The molecule has 0 aliphatic carbocycles. The smallest absolute Gasteiger partial charge is 0.253 e. The van der Waals surface area contributed by atoms with E-state index in [4.69, 9.17) is 4.74 Å². The second-order valence-corrected chi connectivity index (χ2v) is 9.94. The first-order valence-corrected chi connectivity index (χ1v) is 12.4. The zero-order valence-electron chi connectivity index (χ0n) is 20.9. The zero-order valence-corrected chi connectivity index (χ0v) is 20.9. The van der Waals surface area contributed by atoms with Crippen LogP contribution >= 0.6 is 0 Å². The summed E-state index contributed by atoms with van der Waals surface area (Å²) in [6.45, 7) is 8.11. The largest absolute Gasteiger partial charge is 0.508 e. The molecule has 184 valence electrons. The van der Waals surface area contributed by atoms with Crippen LogP contribution in [0.2, 0.25) is 0 Å². The molecule has 5 nitrogen and oxygen atoms in total. The van der Waals surface area contributed by atoms with E-state index in [1.54, 1.807) is 13.2 Å². The quantitative estimate of drug-likeness (QED) is 0.452. The van der Waals surface area contributed by atoms with Crippen LogP contribution in [0, 0.1) is 11.8 Å². The van der Waals surface area contributed by atoms with E-state index in [2.05, 4.69) is 30.9 Å². The molecule has 2 atom stereocenters. The number of likely N-dealkylation sites (tertiary alicyclic amines) is 1. The van der Waals surface area contributed by atoms with Crippen molar-refractivity contribution in [3.63, 3.8) is 0 Å². The van der Waals surface area contributed by atoms with E-state index in [-0.39, 0.29) is 17.7 Å². The molecule has 1 amide bonds. The SMILES string of the molecule is COc1cccc(C2CN(Cc3ccccc3O)CC2CN(CC(C)C)C(=O)c2ccccc2)c1. The fourth-order valence-corrected chi connectivity index (χ4v) is 5.14. The average Bonchev–Trinajstić information content (AvgIpc) is 3.27. The normalized spacial score (nSPS) is 18.1. The van der Waals surface area contributed by atoms with Gasteiger partial charge in [-0.05, 0) is 47.7 Å². The third-order valence-corrected chi connectivity index (χ3v) is 6.77. The summed E-state index contributed by atoms with van der Waals surface area (Å²) >= 11 is 0. The lowest BCUT2D eigenvalue weighted by Crippen LogP contribution is -2.39. The molecule has 0 spiro atoms. The first kappa shape index (κ1) is 24.8. The topological polar surface area (TPSA) is 53.0 Å². The van der Waals surface area contributed by atoms with Gasteiger partial charge in [0.05, 0.1) is 7.11 Å². The molecule has 35 heavy (non-hydrogen) atoms. The number of phenols is 1. The van der Waals surface area contributed by atoms with E-state index >= 15 is 0 Å². The highest BCUT2D eigenvalue weighted by atomic mass is 16.5. The van der Waals surface area contributed by atoms with E-state index in [1.807, 2.05) is 65.6 Å². The first-order chi connectivity index (χ1) is 16.9. The number of phenolic OH excluding ortho intramolecular Hbond substituents is 1. The maximum absolute atomic E-state index is 13.5. The Morgan fingerprint density at radius 2 is 1.77 bits per heavy atom. The zero-order chi connectivity index (χ0) is 24.8. The van der Waals surface area contributed by atoms with Crippen LogP contribution in [0.1, 0.15) is 41.3 Å². The fraction of sp³-hybridized carbons (Fsp3) is 0.367. The number of ether oxygens (including phenoxy) is 1. The Bertz CT molecular complexity index is 1120. The number of nitrogens with zero attached hydrogens (tertiary/aromatic N) is 2. The Hall–Kier alpha value is -3.31. The Labute approximate surface area is 209 Å². The minimum Gasteiger partial charge on any atom is -0.508 e. The van der Waals surface area contributed by atoms with Crippen molar-refractivity contribution in [1.29, 1.82) is 0 Å². The molecule has 0 radical (unpaired) electrons. The molecule has 4 rings (SSSR count). The Morgan fingerprint density at radius 1 is 1.03 bits per heavy atom. The van der Waals surface area contributed by atoms with Crippen LogP contribution in [0.25, 0.3) is 0 Å². The third kappa shape index (κ3) is 6.23. The van der Waals surface area contributed by atoms with Crippen molar-refractivity contribution in [2.75, 3.05) is 33.3 Å². The summed E-state index contributed by atoms with van der Waals surface area (Å²) in [5.74, 6) is 2.16. The molecule has 1 fully saturated rings. The molecule has 1 aliphatic rings. The minimum absolute atomic E-state index is 0.0860. The molecular formula is C30H36N2O3. The minimum atomic E-state index is 0.0860. The Morgan fingerprint density at radius 3 is 2.49 bits per heavy atom. The van der Waals surface area contributed by atoms with E-state index in [1.165, 1.54) is 5.56 Å². The Kier molecular flexibility index (Phi) is 8.09. The van der Waals surface area contributed by atoms with Gasteiger partial charge in [-0.15, -0.1) is 0 Å². The molecule has 3 aromatic rings. The average molecular weight is 473 g/mol. The highest BCUT2D eigenvalue weighted by Crippen LogP contribution is 2.36. The molecule has 0 bridgehead atoms. The van der Waals surface area contributed by atoms with Crippen molar-refractivity contribution in [2.45, 2.75) is 26.3 Å². The summed E-state index contributed by atoms with van der Waals surface area (Å²) in [5, 5.41) is 10.3. The third-order valence-electron chi connectivity index (χ3n) is 6.77. The van der Waals surface area contributed by atoms with Gasteiger partial charge in [0, 0.05) is 49.8 Å². The molecule has 1 N–H and O–H groups in total. The van der Waals surface area contributed by atoms with Crippen molar-refractivity contribution in [2.24, 2.45) is 11.8 Å². The number of benzene rings is 3. The van der Waals surface area contributed by atoms with Crippen LogP contribution in [-0.2, 0) is 6.54 Å². The molecule has 1 aliphatic heterocycles. The lowest BCUT2D eigenvalue weighted by Gasteiger charge is -2.30. The van der Waals surface area contributed by atoms with Crippen molar-refractivity contribution in [3.05, 3.63) is 95.6 Å². The summed E-state index contributed by atoms with van der Waals surface area (Å²) in [6, 6.07) is 25.4. The van der Waals surface area contributed by atoms with E-state index in [9.17, 15) is 9.90 Å².